The van der Waals surface area contributed by atoms with E-state index < -0.39 is 14.9 Å². The molecule has 2 aromatic carbocycles. The second-order valence-corrected chi connectivity index (χ2v) is 7.03. The van der Waals surface area contributed by atoms with Crippen molar-refractivity contribution >= 4 is 21.4 Å². The highest BCUT2D eigenvalue weighted by Crippen LogP contribution is 2.34. The molecule has 0 spiro atoms. The molecule has 0 atom stereocenters. The summed E-state index contributed by atoms with van der Waals surface area (Å²) < 4.78 is 26.5. The highest BCUT2D eigenvalue weighted by atomic mass is 32.2. The Labute approximate surface area is 128 Å². The molecule has 1 aliphatic heterocycles. The van der Waals surface area contributed by atoms with E-state index in [1.807, 2.05) is 6.07 Å². The number of hydrogen-bond acceptors (Lipinski definition) is 4. The van der Waals surface area contributed by atoms with Crippen molar-refractivity contribution in [2.24, 2.45) is 0 Å². The number of nitrogens with zero attached hydrogens (tertiary/aromatic N) is 2. The van der Waals surface area contributed by atoms with Gasteiger partial charge in [-0.15, -0.1) is 0 Å². The Morgan fingerprint density at radius 3 is 2.55 bits per heavy atom. The zero-order valence-corrected chi connectivity index (χ0v) is 12.5. The number of nitro benzene ring substituents is 1. The number of non-ortho nitro benzene ring substituents is 1. The fourth-order valence-electron chi connectivity index (χ4n) is 2.60. The van der Waals surface area contributed by atoms with Crippen molar-refractivity contribution in [3.05, 3.63) is 69.8 Å². The Balaban J connectivity index is 1.94. The summed E-state index contributed by atoms with van der Waals surface area (Å²) in [7, 11) is -3.56. The quantitative estimate of drug-likeness (QED) is 0.640. The van der Waals surface area contributed by atoms with Gasteiger partial charge in [0.25, 0.3) is 5.69 Å². The lowest BCUT2D eigenvalue weighted by Gasteiger charge is -2.19. The van der Waals surface area contributed by atoms with Gasteiger partial charge in [-0.3, -0.25) is 14.4 Å². The zero-order valence-electron chi connectivity index (χ0n) is 11.7. The Hall–Kier alpha value is -2.41. The van der Waals surface area contributed by atoms with Gasteiger partial charge in [0.05, 0.1) is 16.4 Å². The molecule has 1 heterocycles. The number of fused-ring (bicyclic) bond motifs is 1. The standard InChI is InChI=1S/C15H14N2O4S/c18-17(19)14-7-6-13-8-9-16(15(13)10-14)22(20,21)11-12-4-2-1-3-5-12/h1-7,10H,8-9,11H2. The van der Waals surface area contributed by atoms with Gasteiger partial charge >= 0.3 is 0 Å². The number of nitro groups is 1. The van der Waals surface area contributed by atoms with Crippen molar-refractivity contribution in [1.29, 1.82) is 0 Å². The minimum absolute atomic E-state index is 0.0967. The maximum atomic E-state index is 12.6. The maximum absolute atomic E-state index is 12.6. The predicted molar refractivity (Wildman–Crippen MR) is 83.2 cm³/mol. The molecule has 22 heavy (non-hydrogen) atoms. The van der Waals surface area contributed by atoms with Crippen LogP contribution in [0.3, 0.4) is 0 Å². The lowest BCUT2D eigenvalue weighted by molar-refractivity contribution is -0.384. The molecule has 114 valence electrons. The molecule has 0 N–H and O–H groups in total. The van der Waals surface area contributed by atoms with Crippen LogP contribution in [0.2, 0.25) is 0 Å². The third kappa shape index (κ3) is 2.67. The lowest BCUT2D eigenvalue weighted by Crippen LogP contribution is -2.30. The van der Waals surface area contributed by atoms with Crippen LogP contribution in [0.4, 0.5) is 11.4 Å². The largest absolute Gasteiger partial charge is 0.271 e. The molecule has 3 rings (SSSR count). The fraction of sp³-hybridized carbons (Fsp3) is 0.200. The third-order valence-electron chi connectivity index (χ3n) is 3.66. The Morgan fingerprint density at radius 1 is 1.14 bits per heavy atom. The SMILES string of the molecule is O=[N+]([O-])c1ccc2c(c1)N(S(=O)(=O)Cc1ccccc1)CC2. The molecular formula is C15H14N2O4S. The van der Waals surface area contributed by atoms with Gasteiger partial charge in [0.1, 0.15) is 0 Å². The van der Waals surface area contributed by atoms with Crippen LogP contribution in [-0.4, -0.2) is 19.9 Å². The smallest absolute Gasteiger partial charge is 0.269 e. The normalized spacial score (nSPS) is 13.9. The van der Waals surface area contributed by atoms with Crippen molar-refractivity contribution in [2.45, 2.75) is 12.2 Å². The molecule has 0 fully saturated rings. The molecule has 0 saturated carbocycles. The van der Waals surface area contributed by atoms with Crippen molar-refractivity contribution in [3.63, 3.8) is 0 Å². The van der Waals surface area contributed by atoms with Gasteiger partial charge in [0.2, 0.25) is 10.0 Å². The monoisotopic (exact) mass is 318 g/mol. The summed E-state index contributed by atoms with van der Waals surface area (Å²) in [4.78, 5) is 10.4. The maximum Gasteiger partial charge on any atom is 0.271 e. The minimum Gasteiger partial charge on any atom is -0.269 e. The topological polar surface area (TPSA) is 80.5 Å². The van der Waals surface area contributed by atoms with Crippen LogP contribution < -0.4 is 4.31 Å². The van der Waals surface area contributed by atoms with Gasteiger partial charge in [-0.1, -0.05) is 36.4 Å². The number of sulfonamides is 1. The summed E-state index contributed by atoms with van der Waals surface area (Å²) in [5.41, 5.74) is 1.84. The summed E-state index contributed by atoms with van der Waals surface area (Å²) in [6.07, 6.45) is 0.571. The van der Waals surface area contributed by atoms with Crippen LogP contribution in [-0.2, 0) is 22.2 Å². The van der Waals surface area contributed by atoms with E-state index in [4.69, 9.17) is 0 Å². The molecule has 0 unspecified atom stereocenters. The first-order valence-electron chi connectivity index (χ1n) is 6.79. The summed E-state index contributed by atoms with van der Waals surface area (Å²) in [6, 6.07) is 13.3. The first-order valence-corrected chi connectivity index (χ1v) is 8.40. The molecule has 7 heteroatoms. The van der Waals surface area contributed by atoms with E-state index in [-0.39, 0.29) is 11.4 Å². The van der Waals surface area contributed by atoms with E-state index in [1.165, 1.54) is 16.4 Å². The van der Waals surface area contributed by atoms with E-state index >= 15 is 0 Å². The number of rotatable bonds is 4. The molecule has 0 aromatic heterocycles. The summed E-state index contributed by atoms with van der Waals surface area (Å²) in [5.74, 6) is -0.115. The van der Waals surface area contributed by atoms with Crippen molar-refractivity contribution in [1.82, 2.24) is 0 Å². The van der Waals surface area contributed by atoms with Crippen LogP contribution >= 0.6 is 0 Å². The van der Waals surface area contributed by atoms with Gasteiger partial charge in [0, 0.05) is 18.7 Å². The number of benzene rings is 2. The molecule has 1 aliphatic rings. The highest BCUT2D eigenvalue weighted by Gasteiger charge is 2.30. The van der Waals surface area contributed by atoms with E-state index in [2.05, 4.69) is 0 Å². The van der Waals surface area contributed by atoms with Gasteiger partial charge in [0.15, 0.2) is 0 Å². The van der Waals surface area contributed by atoms with E-state index in [0.29, 0.717) is 24.2 Å². The van der Waals surface area contributed by atoms with Gasteiger partial charge in [-0.25, -0.2) is 8.42 Å². The Morgan fingerprint density at radius 2 is 1.86 bits per heavy atom. The number of anilines is 1. The molecule has 0 amide bonds. The third-order valence-corrected chi connectivity index (χ3v) is 5.41. The lowest BCUT2D eigenvalue weighted by atomic mass is 10.1. The Bertz CT molecular complexity index is 819. The first-order chi connectivity index (χ1) is 10.5. The van der Waals surface area contributed by atoms with Gasteiger partial charge < -0.3 is 0 Å². The molecule has 6 nitrogen and oxygen atoms in total. The summed E-state index contributed by atoms with van der Waals surface area (Å²) in [6.45, 7) is 0.325. The molecule has 2 aromatic rings. The van der Waals surface area contributed by atoms with E-state index in [9.17, 15) is 18.5 Å². The van der Waals surface area contributed by atoms with Crippen LogP contribution in [0.1, 0.15) is 11.1 Å². The van der Waals surface area contributed by atoms with Gasteiger partial charge in [-0.2, -0.15) is 0 Å². The van der Waals surface area contributed by atoms with E-state index in [1.54, 1.807) is 30.3 Å². The van der Waals surface area contributed by atoms with Gasteiger partial charge in [-0.05, 0) is 17.5 Å². The van der Waals surface area contributed by atoms with Crippen molar-refractivity contribution in [2.75, 3.05) is 10.8 Å². The minimum atomic E-state index is -3.56. The predicted octanol–water partition coefficient (Wildman–Crippen LogP) is 2.49. The zero-order chi connectivity index (χ0) is 15.7. The Kier molecular flexibility index (Phi) is 3.58. The molecule has 0 aliphatic carbocycles. The molecule has 0 bridgehead atoms. The molecular weight excluding hydrogens is 304 g/mol. The van der Waals surface area contributed by atoms with E-state index in [0.717, 1.165) is 5.56 Å². The summed E-state index contributed by atoms with van der Waals surface area (Å²) in [5, 5.41) is 10.9. The molecule has 0 radical (unpaired) electrons. The van der Waals surface area contributed by atoms with Crippen LogP contribution in [0.25, 0.3) is 0 Å². The summed E-state index contributed by atoms with van der Waals surface area (Å²) >= 11 is 0. The first kappa shape index (κ1) is 14.5. The average molecular weight is 318 g/mol. The second-order valence-electron chi connectivity index (χ2n) is 5.13. The fourth-order valence-corrected chi connectivity index (χ4v) is 4.21. The van der Waals surface area contributed by atoms with Crippen LogP contribution in [0, 0.1) is 10.1 Å². The van der Waals surface area contributed by atoms with Crippen molar-refractivity contribution < 1.29 is 13.3 Å². The van der Waals surface area contributed by atoms with Crippen LogP contribution in [0.15, 0.2) is 48.5 Å². The van der Waals surface area contributed by atoms with Crippen molar-refractivity contribution in [3.8, 4) is 0 Å². The van der Waals surface area contributed by atoms with Crippen LogP contribution in [0.5, 0.6) is 0 Å². The number of hydrogen-bond donors (Lipinski definition) is 0. The second kappa shape index (κ2) is 5.42. The average Bonchev–Trinajstić information content (AvgIpc) is 2.91. The highest BCUT2D eigenvalue weighted by molar-refractivity contribution is 7.92. The molecule has 0 saturated heterocycles.